The summed E-state index contributed by atoms with van der Waals surface area (Å²) in [6.07, 6.45) is 7.09. The Balaban J connectivity index is 2.23. The number of unbranched alkanes of at least 4 members (excludes halogenated alkanes) is 2. The third-order valence-corrected chi connectivity index (χ3v) is 2.84. The van der Waals surface area contributed by atoms with Gasteiger partial charge in [0.1, 0.15) is 0 Å². The highest BCUT2D eigenvalue weighted by Gasteiger charge is 2.03. The fraction of sp³-hybridized carbons (Fsp3) is 0.385. The number of aromatic amines is 1. The van der Waals surface area contributed by atoms with E-state index in [-0.39, 0.29) is 0 Å². The molecule has 0 unspecified atom stereocenters. The Labute approximate surface area is 90.5 Å². The van der Waals surface area contributed by atoms with E-state index >= 15 is 0 Å². The Hall–Kier alpha value is -1.44. The molecule has 80 valence electrons. The second-order valence-corrected chi connectivity index (χ2v) is 4.08. The first-order valence-electron chi connectivity index (χ1n) is 5.66. The molecule has 3 N–H and O–H groups in total. The maximum atomic E-state index is 5.79. The number of H-pyrrole nitrogens is 1. The summed E-state index contributed by atoms with van der Waals surface area (Å²) in [5.74, 6) is 0. The minimum Gasteiger partial charge on any atom is -0.399 e. The van der Waals surface area contributed by atoms with Gasteiger partial charge in [0.25, 0.3) is 0 Å². The summed E-state index contributed by atoms with van der Waals surface area (Å²) in [6, 6.07) is 6.05. The number of nitrogens with two attached hydrogens (primary N) is 1. The third kappa shape index (κ3) is 2.14. The van der Waals surface area contributed by atoms with Crippen LogP contribution in [0.25, 0.3) is 10.9 Å². The highest BCUT2D eigenvalue weighted by atomic mass is 14.7. The number of benzene rings is 1. The summed E-state index contributed by atoms with van der Waals surface area (Å²) < 4.78 is 0. The standard InChI is InChI=1S/C13H18N2/c1-2-3-4-5-10-9-15-13-7-6-11(14)8-12(10)13/h6-9,15H,2-5,14H2,1H3. The van der Waals surface area contributed by atoms with Crippen LogP contribution < -0.4 is 5.73 Å². The molecule has 1 heterocycles. The second kappa shape index (κ2) is 4.39. The highest BCUT2D eigenvalue weighted by molar-refractivity contribution is 5.86. The lowest BCUT2D eigenvalue weighted by Gasteiger charge is -1.99. The minimum absolute atomic E-state index is 0.846. The van der Waals surface area contributed by atoms with Crippen LogP contribution in [0.15, 0.2) is 24.4 Å². The molecule has 0 saturated carbocycles. The molecule has 15 heavy (non-hydrogen) atoms. The lowest BCUT2D eigenvalue weighted by molar-refractivity contribution is 0.719. The van der Waals surface area contributed by atoms with Gasteiger partial charge in [-0.1, -0.05) is 19.8 Å². The van der Waals surface area contributed by atoms with Gasteiger partial charge in [0.2, 0.25) is 0 Å². The average molecular weight is 202 g/mol. The first-order chi connectivity index (χ1) is 7.31. The fourth-order valence-electron chi connectivity index (χ4n) is 1.97. The molecule has 2 heteroatoms. The Morgan fingerprint density at radius 3 is 2.93 bits per heavy atom. The Morgan fingerprint density at radius 2 is 2.13 bits per heavy atom. The summed E-state index contributed by atoms with van der Waals surface area (Å²) in [5, 5.41) is 1.28. The topological polar surface area (TPSA) is 41.8 Å². The molecule has 2 nitrogen and oxygen atoms in total. The van der Waals surface area contributed by atoms with Crippen LogP contribution in [0.5, 0.6) is 0 Å². The molecule has 2 aromatic rings. The quantitative estimate of drug-likeness (QED) is 0.578. The van der Waals surface area contributed by atoms with Gasteiger partial charge in [0.05, 0.1) is 0 Å². The fourth-order valence-corrected chi connectivity index (χ4v) is 1.97. The van der Waals surface area contributed by atoms with E-state index in [1.165, 1.54) is 35.7 Å². The molecule has 1 aromatic heterocycles. The number of aromatic nitrogens is 1. The maximum absolute atomic E-state index is 5.79. The van der Waals surface area contributed by atoms with Gasteiger partial charge in [-0.3, -0.25) is 0 Å². The molecular formula is C13H18N2. The van der Waals surface area contributed by atoms with E-state index in [1.54, 1.807) is 0 Å². The van der Waals surface area contributed by atoms with Crippen molar-refractivity contribution in [1.82, 2.24) is 4.98 Å². The van der Waals surface area contributed by atoms with E-state index < -0.39 is 0 Å². The maximum Gasteiger partial charge on any atom is 0.0458 e. The van der Waals surface area contributed by atoms with Crippen LogP contribution in [0.1, 0.15) is 31.7 Å². The van der Waals surface area contributed by atoms with Gasteiger partial charge < -0.3 is 10.7 Å². The molecule has 0 aliphatic rings. The first-order valence-corrected chi connectivity index (χ1v) is 5.66. The van der Waals surface area contributed by atoms with Crippen molar-refractivity contribution in [2.45, 2.75) is 32.6 Å². The molecule has 0 atom stereocenters. The van der Waals surface area contributed by atoms with Gasteiger partial charge in [-0.25, -0.2) is 0 Å². The molecule has 1 aromatic carbocycles. The molecule has 0 saturated heterocycles. The summed E-state index contributed by atoms with van der Waals surface area (Å²) in [5.41, 5.74) is 9.22. The van der Waals surface area contributed by atoms with Crippen molar-refractivity contribution in [3.05, 3.63) is 30.0 Å². The predicted molar refractivity (Wildman–Crippen MR) is 65.9 cm³/mol. The predicted octanol–water partition coefficient (Wildman–Crippen LogP) is 3.48. The molecular weight excluding hydrogens is 184 g/mol. The number of aryl methyl sites for hydroxylation is 1. The van der Waals surface area contributed by atoms with Gasteiger partial charge in [-0.2, -0.15) is 0 Å². The lowest BCUT2D eigenvalue weighted by atomic mass is 10.1. The Bertz CT molecular complexity index is 443. The summed E-state index contributed by atoms with van der Waals surface area (Å²) in [6.45, 7) is 2.23. The number of hydrogen-bond donors (Lipinski definition) is 2. The van der Waals surface area contributed by atoms with Crippen LogP contribution >= 0.6 is 0 Å². The molecule has 0 amide bonds. The van der Waals surface area contributed by atoms with E-state index in [9.17, 15) is 0 Å². The van der Waals surface area contributed by atoms with Crippen LogP contribution in [-0.4, -0.2) is 4.98 Å². The van der Waals surface area contributed by atoms with Gasteiger partial charge in [0, 0.05) is 22.8 Å². The van der Waals surface area contributed by atoms with Crippen LogP contribution in [-0.2, 0) is 6.42 Å². The van der Waals surface area contributed by atoms with Crippen LogP contribution in [0.2, 0.25) is 0 Å². The summed E-state index contributed by atoms with van der Waals surface area (Å²) >= 11 is 0. The first kappa shape index (κ1) is 10.1. The smallest absolute Gasteiger partial charge is 0.0458 e. The monoisotopic (exact) mass is 202 g/mol. The van der Waals surface area contributed by atoms with Crippen molar-refractivity contribution in [3.63, 3.8) is 0 Å². The second-order valence-electron chi connectivity index (χ2n) is 4.08. The van der Waals surface area contributed by atoms with Crippen molar-refractivity contribution in [2.75, 3.05) is 5.73 Å². The summed E-state index contributed by atoms with van der Waals surface area (Å²) in [4.78, 5) is 3.29. The number of nitrogen functional groups attached to an aromatic ring is 1. The zero-order valence-corrected chi connectivity index (χ0v) is 9.22. The van der Waals surface area contributed by atoms with E-state index in [1.807, 2.05) is 12.1 Å². The van der Waals surface area contributed by atoms with Gasteiger partial charge in [0.15, 0.2) is 0 Å². The van der Waals surface area contributed by atoms with Gasteiger partial charge in [-0.15, -0.1) is 0 Å². The molecule has 0 spiro atoms. The molecule has 0 aliphatic carbocycles. The van der Waals surface area contributed by atoms with Crippen molar-refractivity contribution >= 4 is 16.6 Å². The van der Waals surface area contributed by atoms with Crippen molar-refractivity contribution in [3.8, 4) is 0 Å². The third-order valence-electron chi connectivity index (χ3n) is 2.84. The summed E-state index contributed by atoms with van der Waals surface area (Å²) in [7, 11) is 0. The van der Waals surface area contributed by atoms with Gasteiger partial charge in [-0.05, 0) is 36.6 Å². The van der Waals surface area contributed by atoms with E-state index in [2.05, 4.69) is 24.2 Å². The van der Waals surface area contributed by atoms with E-state index in [0.717, 1.165) is 12.1 Å². The lowest BCUT2D eigenvalue weighted by Crippen LogP contribution is -1.86. The molecule has 0 radical (unpaired) electrons. The number of hydrogen-bond acceptors (Lipinski definition) is 1. The van der Waals surface area contributed by atoms with Gasteiger partial charge >= 0.3 is 0 Å². The molecule has 2 rings (SSSR count). The zero-order valence-electron chi connectivity index (χ0n) is 9.22. The SMILES string of the molecule is CCCCCc1c[nH]c2ccc(N)cc12. The van der Waals surface area contributed by atoms with Crippen LogP contribution in [0.3, 0.4) is 0 Å². The largest absolute Gasteiger partial charge is 0.399 e. The molecule has 0 aliphatic heterocycles. The van der Waals surface area contributed by atoms with Crippen molar-refractivity contribution in [2.24, 2.45) is 0 Å². The number of fused-ring (bicyclic) bond motifs is 1. The van der Waals surface area contributed by atoms with E-state index in [4.69, 9.17) is 5.73 Å². The Morgan fingerprint density at radius 1 is 1.27 bits per heavy atom. The minimum atomic E-state index is 0.846. The molecule has 0 bridgehead atoms. The van der Waals surface area contributed by atoms with Crippen LogP contribution in [0.4, 0.5) is 5.69 Å². The van der Waals surface area contributed by atoms with E-state index in [0.29, 0.717) is 0 Å². The van der Waals surface area contributed by atoms with Crippen molar-refractivity contribution in [1.29, 1.82) is 0 Å². The van der Waals surface area contributed by atoms with Crippen molar-refractivity contribution < 1.29 is 0 Å². The number of rotatable bonds is 4. The zero-order chi connectivity index (χ0) is 10.7. The molecule has 0 fully saturated rings. The normalized spacial score (nSPS) is 11.0. The number of anilines is 1. The Kier molecular flexibility index (Phi) is 2.95. The highest BCUT2D eigenvalue weighted by Crippen LogP contribution is 2.22. The van der Waals surface area contributed by atoms with Crippen LogP contribution in [0, 0.1) is 0 Å². The number of nitrogens with one attached hydrogen (secondary N) is 1. The average Bonchev–Trinajstić information content (AvgIpc) is 2.62.